The van der Waals surface area contributed by atoms with E-state index in [2.05, 4.69) is 21.1 Å². The van der Waals surface area contributed by atoms with E-state index in [0.717, 1.165) is 11.8 Å². The molecular weight excluding hydrogens is 308 g/mol. The summed E-state index contributed by atoms with van der Waals surface area (Å²) in [5, 5.41) is 4.54. The normalized spacial score (nSPS) is 22.2. The summed E-state index contributed by atoms with van der Waals surface area (Å²) in [6, 6.07) is 0. The van der Waals surface area contributed by atoms with Gasteiger partial charge in [0.15, 0.2) is 5.76 Å². The largest absolute Gasteiger partial charge is 0.360 e. The molecule has 0 spiro atoms. The first-order chi connectivity index (χ1) is 7.96. The maximum Gasteiger partial charge on any atom is 0.248 e. The molecule has 0 aliphatic carbocycles. The van der Waals surface area contributed by atoms with Crippen LogP contribution in [0.2, 0.25) is 0 Å². The third-order valence-electron chi connectivity index (χ3n) is 3.03. The Morgan fingerprint density at radius 3 is 2.71 bits per heavy atom. The second kappa shape index (κ2) is 4.70. The molecule has 0 amide bonds. The molecule has 1 aromatic heterocycles. The van der Waals surface area contributed by atoms with Crippen molar-refractivity contribution in [2.45, 2.75) is 25.2 Å². The molecule has 0 bridgehead atoms. The first-order valence-corrected chi connectivity index (χ1v) is 8.02. The lowest BCUT2D eigenvalue weighted by Gasteiger charge is -2.15. The fourth-order valence-corrected chi connectivity index (χ4v) is 4.46. The van der Waals surface area contributed by atoms with Gasteiger partial charge in [-0.1, -0.05) is 21.1 Å². The van der Waals surface area contributed by atoms with Crippen molar-refractivity contribution >= 4 is 26.0 Å². The maximum atomic E-state index is 12.4. The number of aryl methyl sites for hydroxylation is 2. The van der Waals surface area contributed by atoms with Gasteiger partial charge in [-0.3, -0.25) is 0 Å². The van der Waals surface area contributed by atoms with Crippen molar-refractivity contribution in [1.29, 1.82) is 0 Å². The van der Waals surface area contributed by atoms with E-state index in [1.54, 1.807) is 13.8 Å². The molecule has 96 valence electrons. The van der Waals surface area contributed by atoms with Crippen molar-refractivity contribution in [3.05, 3.63) is 11.5 Å². The van der Waals surface area contributed by atoms with Gasteiger partial charge in [-0.25, -0.2) is 8.42 Å². The van der Waals surface area contributed by atoms with Crippen molar-refractivity contribution < 1.29 is 12.9 Å². The minimum absolute atomic E-state index is 0.229. The van der Waals surface area contributed by atoms with Crippen LogP contribution in [0.5, 0.6) is 0 Å². The molecule has 0 N–H and O–H groups in total. The van der Waals surface area contributed by atoms with E-state index in [1.165, 1.54) is 4.31 Å². The lowest BCUT2D eigenvalue weighted by molar-refractivity contribution is 0.389. The maximum absolute atomic E-state index is 12.4. The highest BCUT2D eigenvalue weighted by Crippen LogP contribution is 2.28. The van der Waals surface area contributed by atoms with Crippen molar-refractivity contribution in [3.8, 4) is 0 Å². The first kappa shape index (κ1) is 13.0. The highest BCUT2D eigenvalue weighted by atomic mass is 79.9. The highest BCUT2D eigenvalue weighted by molar-refractivity contribution is 9.09. The number of rotatable bonds is 3. The van der Waals surface area contributed by atoms with Crippen LogP contribution in [0.3, 0.4) is 0 Å². The monoisotopic (exact) mass is 322 g/mol. The van der Waals surface area contributed by atoms with Gasteiger partial charge in [-0.2, -0.15) is 4.31 Å². The molecule has 1 aliphatic rings. The predicted octanol–water partition coefficient (Wildman–Crippen LogP) is 1.70. The molecule has 2 heterocycles. The average molecular weight is 323 g/mol. The lowest BCUT2D eigenvalue weighted by Crippen LogP contribution is -2.29. The molecule has 1 fully saturated rings. The van der Waals surface area contributed by atoms with Crippen LogP contribution in [0.25, 0.3) is 0 Å². The van der Waals surface area contributed by atoms with Gasteiger partial charge in [0, 0.05) is 18.4 Å². The summed E-state index contributed by atoms with van der Waals surface area (Å²) in [5.74, 6) is 0.759. The van der Waals surface area contributed by atoms with Crippen LogP contribution in [0.4, 0.5) is 0 Å². The number of hydrogen-bond donors (Lipinski definition) is 0. The molecule has 7 heteroatoms. The quantitative estimate of drug-likeness (QED) is 0.794. The number of alkyl halides is 1. The van der Waals surface area contributed by atoms with E-state index >= 15 is 0 Å². The third-order valence-corrected chi connectivity index (χ3v) is 6.06. The Morgan fingerprint density at radius 1 is 1.53 bits per heavy atom. The van der Waals surface area contributed by atoms with Crippen LogP contribution >= 0.6 is 15.9 Å². The van der Waals surface area contributed by atoms with Gasteiger partial charge in [-0.05, 0) is 26.2 Å². The molecule has 1 aromatic rings. The zero-order valence-electron chi connectivity index (χ0n) is 9.81. The number of sulfonamides is 1. The molecule has 1 atom stereocenters. The van der Waals surface area contributed by atoms with E-state index < -0.39 is 10.0 Å². The topological polar surface area (TPSA) is 63.4 Å². The molecule has 17 heavy (non-hydrogen) atoms. The van der Waals surface area contributed by atoms with Gasteiger partial charge < -0.3 is 4.52 Å². The Kier molecular flexibility index (Phi) is 3.61. The van der Waals surface area contributed by atoms with E-state index in [9.17, 15) is 8.42 Å². The SMILES string of the molecule is Cc1noc(C)c1S(=O)(=O)N1CCC(CBr)C1. The van der Waals surface area contributed by atoms with Gasteiger partial charge in [0.2, 0.25) is 10.0 Å². The van der Waals surface area contributed by atoms with Gasteiger partial charge in [0.25, 0.3) is 0 Å². The van der Waals surface area contributed by atoms with Gasteiger partial charge >= 0.3 is 0 Å². The van der Waals surface area contributed by atoms with Gasteiger partial charge in [-0.15, -0.1) is 0 Å². The summed E-state index contributed by atoms with van der Waals surface area (Å²) in [5.41, 5.74) is 0.435. The average Bonchev–Trinajstić information content (AvgIpc) is 2.85. The Morgan fingerprint density at radius 2 is 2.24 bits per heavy atom. The van der Waals surface area contributed by atoms with Crippen LogP contribution < -0.4 is 0 Å². The second-order valence-electron chi connectivity index (χ2n) is 4.33. The minimum Gasteiger partial charge on any atom is -0.360 e. The number of aromatic nitrogens is 1. The number of halogens is 1. The predicted molar refractivity (Wildman–Crippen MR) is 66.6 cm³/mol. The van der Waals surface area contributed by atoms with Crippen LogP contribution in [0, 0.1) is 19.8 Å². The summed E-state index contributed by atoms with van der Waals surface area (Å²) >= 11 is 3.40. The summed E-state index contributed by atoms with van der Waals surface area (Å²) in [6.07, 6.45) is 0.897. The molecule has 5 nitrogen and oxygen atoms in total. The first-order valence-electron chi connectivity index (χ1n) is 5.45. The standard InChI is InChI=1S/C10H15BrN2O3S/c1-7-10(8(2)16-12-7)17(14,15)13-4-3-9(5-11)6-13/h9H,3-6H2,1-2H3. The molecule has 0 aromatic carbocycles. The summed E-state index contributed by atoms with van der Waals surface area (Å²) < 4.78 is 31.3. The van der Waals surface area contributed by atoms with Crippen molar-refractivity contribution in [1.82, 2.24) is 9.46 Å². The minimum atomic E-state index is -3.44. The molecular formula is C10H15BrN2O3S. The fourth-order valence-electron chi connectivity index (χ4n) is 2.11. The zero-order chi connectivity index (χ0) is 12.6. The molecule has 0 radical (unpaired) electrons. The summed E-state index contributed by atoms with van der Waals surface area (Å²) in [6.45, 7) is 4.42. The zero-order valence-corrected chi connectivity index (χ0v) is 12.2. The third kappa shape index (κ3) is 2.28. The van der Waals surface area contributed by atoms with Crippen LogP contribution in [0.15, 0.2) is 9.42 Å². The highest BCUT2D eigenvalue weighted by Gasteiger charge is 2.35. The van der Waals surface area contributed by atoms with Crippen LogP contribution in [0.1, 0.15) is 17.9 Å². The Balaban J connectivity index is 2.32. The van der Waals surface area contributed by atoms with Crippen molar-refractivity contribution in [2.75, 3.05) is 18.4 Å². The molecule has 1 aliphatic heterocycles. The van der Waals surface area contributed by atoms with Crippen molar-refractivity contribution in [2.24, 2.45) is 5.92 Å². The van der Waals surface area contributed by atoms with E-state index in [-0.39, 0.29) is 4.90 Å². The van der Waals surface area contributed by atoms with E-state index in [1.807, 2.05) is 0 Å². The molecule has 2 rings (SSSR count). The van der Waals surface area contributed by atoms with Crippen molar-refractivity contribution in [3.63, 3.8) is 0 Å². The second-order valence-corrected chi connectivity index (χ2v) is 6.85. The fraction of sp³-hybridized carbons (Fsp3) is 0.700. The van der Waals surface area contributed by atoms with Crippen LogP contribution in [-0.4, -0.2) is 36.3 Å². The Hall–Kier alpha value is -0.400. The Labute approximate surface area is 109 Å². The number of nitrogens with zero attached hydrogens (tertiary/aromatic N) is 2. The van der Waals surface area contributed by atoms with E-state index in [0.29, 0.717) is 30.5 Å². The smallest absolute Gasteiger partial charge is 0.248 e. The summed E-state index contributed by atoms with van der Waals surface area (Å²) in [4.78, 5) is 0.229. The molecule has 0 saturated carbocycles. The lowest BCUT2D eigenvalue weighted by atomic mass is 10.2. The van der Waals surface area contributed by atoms with Crippen LogP contribution in [-0.2, 0) is 10.0 Å². The summed E-state index contributed by atoms with van der Waals surface area (Å²) in [7, 11) is -3.44. The molecule has 1 unspecified atom stereocenters. The molecule has 1 saturated heterocycles. The van der Waals surface area contributed by atoms with Gasteiger partial charge in [0.1, 0.15) is 10.6 Å². The Bertz CT molecular complexity index is 492. The van der Waals surface area contributed by atoms with Gasteiger partial charge in [0.05, 0.1) is 0 Å². The number of hydrogen-bond acceptors (Lipinski definition) is 4. The van der Waals surface area contributed by atoms with E-state index in [4.69, 9.17) is 4.52 Å².